The number of aliphatic carboxylic acids is 1. The first-order valence-electron chi connectivity index (χ1n) is 6.41. The van der Waals surface area contributed by atoms with E-state index in [2.05, 4.69) is 5.32 Å². The molecule has 0 heterocycles. The first-order chi connectivity index (χ1) is 8.75. The highest BCUT2D eigenvalue weighted by atomic mass is 16.5. The lowest BCUT2D eigenvalue weighted by molar-refractivity contribution is -0.140. The van der Waals surface area contributed by atoms with Gasteiger partial charge in [0.05, 0.1) is 0 Å². The van der Waals surface area contributed by atoms with E-state index < -0.39 is 17.6 Å². The van der Waals surface area contributed by atoms with E-state index in [1.54, 1.807) is 7.05 Å². The van der Waals surface area contributed by atoms with E-state index in [1.807, 2.05) is 45.9 Å². The number of hydrogen-bond acceptors (Lipinski definition) is 3. The molecule has 106 valence electrons. The zero-order chi connectivity index (χ0) is 14.6. The molecular formula is C15H23NO3. The number of hydrogen-bond donors (Lipinski definition) is 2. The number of carboxylic acid groups (broad SMARTS) is 1. The summed E-state index contributed by atoms with van der Waals surface area (Å²) in [5.41, 5.74) is 1.83. The summed E-state index contributed by atoms with van der Waals surface area (Å²) in [5.74, 6) is -0.0902. The number of likely N-dealkylation sites (N-methyl/N-ethyl adjacent to an activating group) is 1. The Morgan fingerprint density at radius 3 is 2.47 bits per heavy atom. The Kier molecular flexibility index (Phi) is 4.95. The van der Waals surface area contributed by atoms with Crippen molar-refractivity contribution in [1.82, 2.24) is 5.32 Å². The Bertz CT molecular complexity index is 455. The molecule has 0 radical (unpaired) electrons. The highest BCUT2D eigenvalue weighted by molar-refractivity contribution is 5.73. The molecule has 1 atom stereocenters. The van der Waals surface area contributed by atoms with Crippen LogP contribution in [-0.4, -0.2) is 29.8 Å². The lowest BCUT2D eigenvalue weighted by Crippen LogP contribution is -2.43. The minimum absolute atomic E-state index is 0.395. The number of benzene rings is 1. The molecule has 2 N–H and O–H groups in total. The first-order valence-corrected chi connectivity index (χ1v) is 6.41. The number of ether oxygens (including phenoxy) is 1. The minimum Gasteiger partial charge on any atom is -0.488 e. The van der Waals surface area contributed by atoms with Gasteiger partial charge >= 0.3 is 5.97 Å². The fourth-order valence-corrected chi connectivity index (χ4v) is 1.94. The number of carboxylic acids is 1. The van der Waals surface area contributed by atoms with Gasteiger partial charge in [0.25, 0.3) is 0 Å². The van der Waals surface area contributed by atoms with E-state index in [9.17, 15) is 4.79 Å². The van der Waals surface area contributed by atoms with Crippen molar-refractivity contribution in [3.63, 3.8) is 0 Å². The fourth-order valence-electron chi connectivity index (χ4n) is 1.94. The molecule has 0 amide bonds. The minimum atomic E-state index is -0.862. The molecule has 0 bridgehead atoms. The van der Waals surface area contributed by atoms with Crippen LogP contribution in [-0.2, 0) is 4.79 Å². The molecule has 1 aromatic rings. The summed E-state index contributed by atoms with van der Waals surface area (Å²) in [6.45, 7) is 7.87. The summed E-state index contributed by atoms with van der Waals surface area (Å²) in [4.78, 5) is 11.0. The van der Waals surface area contributed by atoms with Gasteiger partial charge in [0, 0.05) is 6.42 Å². The topological polar surface area (TPSA) is 58.6 Å². The van der Waals surface area contributed by atoms with Crippen LogP contribution < -0.4 is 10.1 Å². The number of aryl methyl sites for hydroxylation is 2. The van der Waals surface area contributed by atoms with Gasteiger partial charge in [0.15, 0.2) is 0 Å². The van der Waals surface area contributed by atoms with Crippen molar-refractivity contribution >= 4 is 5.97 Å². The molecule has 0 aliphatic carbocycles. The van der Waals surface area contributed by atoms with Crippen LogP contribution >= 0.6 is 0 Å². The number of carbonyl (C=O) groups is 1. The van der Waals surface area contributed by atoms with Crippen LogP contribution in [0.4, 0.5) is 0 Å². The van der Waals surface area contributed by atoms with Gasteiger partial charge in [-0.05, 0) is 58.0 Å². The first kappa shape index (κ1) is 15.5. The van der Waals surface area contributed by atoms with Crippen molar-refractivity contribution in [3.8, 4) is 5.75 Å². The van der Waals surface area contributed by atoms with Gasteiger partial charge in [-0.3, -0.25) is 4.79 Å². The quantitative estimate of drug-likeness (QED) is 0.830. The van der Waals surface area contributed by atoms with Crippen LogP contribution in [0.3, 0.4) is 0 Å². The predicted molar refractivity (Wildman–Crippen MR) is 75.7 cm³/mol. The number of rotatable bonds is 6. The van der Waals surface area contributed by atoms with E-state index in [-0.39, 0.29) is 0 Å². The average molecular weight is 265 g/mol. The molecule has 0 aromatic heterocycles. The fraction of sp³-hybridized carbons (Fsp3) is 0.533. The normalized spacial score (nSPS) is 13.1. The van der Waals surface area contributed by atoms with Crippen molar-refractivity contribution in [2.75, 3.05) is 7.05 Å². The SMILES string of the molecule is CNC(CC(C)(C)Oc1ccc(C)c(C)c1)C(=O)O. The van der Waals surface area contributed by atoms with E-state index in [1.165, 1.54) is 5.56 Å². The molecule has 0 aliphatic heterocycles. The van der Waals surface area contributed by atoms with Crippen LogP contribution in [0.2, 0.25) is 0 Å². The third kappa shape index (κ3) is 4.56. The molecule has 0 saturated heterocycles. The van der Waals surface area contributed by atoms with Crippen molar-refractivity contribution in [1.29, 1.82) is 0 Å². The largest absolute Gasteiger partial charge is 0.488 e. The van der Waals surface area contributed by atoms with Crippen molar-refractivity contribution in [3.05, 3.63) is 29.3 Å². The molecule has 0 spiro atoms. The summed E-state index contributed by atoms with van der Waals surface area (Å²) in [5, 5.41) is 11.8. The smallest absolute Gasteiger partial charge is 0.320 e. The van der Waals surface area contributed by atoms with E-state index in [4.69, 9.17) is 9.84 Å². The Labute approximate surface area is 114 Å². The van der Waals surface area contributed by atoms with Gasteiger partial charge in [-0.15, -0.1) is 0 Å². The molecule has 19 heavy (non-hydrogen) atoms. The van der Waals surface area contributed by atoms with Gasteiger partial charge in [-0.2, -0.15) is 0 Å². The molecular weight excluding hydrogens is 242 g/mol. The lowest BCUT2D eigenvalue weighted by atomic mass is 9.98. The van der Waals surface area contributed by atoms with Crippen molar-refractivity contribution in [2.45, 2.75) is 45.8 Å². The summed E-state index contributed by atoms with van der Waals surface area (Å²) < 4.78 is 5.92. The second-order valence-electron chi connectivity index (χ2n) is 5.49. The Morgan fingerprint density at radius 1 is 1.37 bits per heavy atom. The third-order valence-electron chi connectivity index (χ3n) is 3.21. The summed E-state index contributed by atoms with van der Waals surface area (Å²) in [6, 6.07) is 5.29. The summed E-state index contributed by atoms with van der Waals surface area (Å²) >= 11 is 0. The summed E-state index contributed by atoms with van der Waals surface area (Å²) in [7, 11) is 1.64. The van der Waals surface area contributed by atoms with Gasteiger partial charge in [0.2, 0.25) is 0 Å². The van der Waals surface area contributed by atoms with Crippen LogP contribution in [0.15, 0.2) is 18.2 Å². The maximum atomic E-state index is 11.0. The standard InChI is InChI=1S/C15H23NO3/c1-10-6-7-12(8-11(10)2)19-15(3,4)9-13(16-5)14(17)18/h6-8,13,16H,9H2,1-5H3,(H,17,18). The monoisotopic (exact) mass is 265 g/mol. The highest BCUT2D eigenvalue weighted by Gasteiger charge is 2.28. The second-order valence-corrected chi connectivity index (χ2v) is 5.49. The van der Waals surface area contributed by atoms with Crippen LogP contribution in [0, 0.1) is 13.8 Å². The van der Waals surface area contributed by atoms with Crippen molar-refractivity contribution < 1.29 is 14.6 Å². The Morgan fingerprint density at radius 2 is 2.00 bits per heavy atom. The van der Waals surface area contributed by atoms with E-state index >= 15 is 0 Å². The lowest BCUT2D eigenvalue weighted by Gasteiger charge is -2.29. The molecule has 0 saturated carbocycles. The van der Waals surface area contributed by atoms with Crippen LogP contribution in [0.5, 0.6) is 5.75 Å². The molecule has 0 fully saturated rings. The number of nitrogens with one attached hydrogen (secondary N) is 1. The maximum absolute atomic E-state index is 11.0. The molecule has 4 heteroatoms. The van der Waals surface area contributed by atoms with Gasteiger partial charge in [-0.25, -0.2) is 0 Å². The average Bonchev–Trinajstić information content (AvgIpc) is 2.30. The second kappa shape index (κ2) is 6.06. The van der Waals surface area contributed by atoms with Crippen LogP contribution in [0.1, 0.15) is 31.4 Å². The molecule has 1 aromatic carbocycles. The maximum Gasteiger partial charge on any atom is 0.320 e. The molecule has 1 unspecified atom stereocenters. The zero-order valence-electron chi connectivity index (χ0n) is 12.3. The predicted octanol–water partition coefficient (Wildman–Crippen LogP) is 2.52. The van der Waals surface area contributed by atoms with E-state index in [0.29, 0.717) is 6.42 Å². The van der Waals surface area contributed by atoms with Gasteiger partial charge in [-0.1, -0.05) is 6.07 Å². The third-order valence-corrected chi connectivity index (χ3v) is 3.21. The van der Waals surface area contributed by atoms with Gasteiger partial charge < -0.3 is 15.2 Å². The molecule has 1 rings (SSSR count). The zero-order valence-corrected chi connectivity index (χ0v) is 12.3. The Balaban J connectivity index is 2.77. The molecule has 0 aliphatic rings. The summed E-state index contributed by atoms with van der Waals surface area (Å²) in [6.07, 6.45) is 0.395. The van der Waals surface area contributed by atoms with Crippen LogP contribution in [0.25, 0.3) is 0 Å². The molecule has 4 nitrogen and oxygen atoms in total. The van der Waals surface area contributed by atoms with Gasteiger partial charge in [0.1, 0.15) is 17.4 Å². The Hall–Kier alpha value is -1.55. The van der Waals surface area contributed by atoms with Crippen molar-refractivity contribution in [2.24, 2.45) is 0 Å². The van der Waals surface area contributed by atoms with E-state index in [0.717, 1.165) is 11.3 Å². The highest BCUT2D eigenvalue weighted by Crippen LogP contribution is 2.24.